The smallest absolute Gasteiger partial charge is 0.245 e. The largest absolute Gasteiger partial charge is 0.494 e. The lowest BCUT2D eigenvalue weighted by atomic mass is 9.86. The van der Waals surface area contributed by atoms with Gasteiger partial charge in [-0.05, 0) is 104 Å². The van der Waals surface area contributed by atoms with Crippen LogP contribution in [0.5, 0.6) is 11.5 Å². The average Bonchev–Trinajstić information content (AvgIpc) is 2.95. The molecule has 0 aliphatic rings. The third-order valence-electron chi connectivity index (χ3n) is 7.34. The van der Waals surface area contributed by atoms with Gasteiger partial charge in [0.1, 0.15) is 23.1 Å². The standard InChI is InChI=1S/C35H40F2NO3P/c1-26-12-15-29(21-27(26)2)35(30-22-31(36)24-32(37)23-30)11-7-19-40-33-16-13-28(14-17-33)25-38-18-8-20-42(3,39)41-34-9-5-4-6-10-34/h4-6,9-10,12-17,21-24,35,38H,7-8,11,18-20,25H2,1-3H3. The topological polar surface area (TPSA) is 47.6 Å². The van der Waals surface area contributed by atoms with E-state index in [4.69, 9.17) is 9.26 Å². The van der Waals surface area contributed by atoms with Gasteiger partial charge in [-0.15, -0.1) is 0 Å². The van der Waals surface area contributed by atoms with E-state index < -0.39 is 19.0 Å². The Kier molecular flexibility index (Phi) is 11.3. The molecule has 7 heteroatoms. The van der Waals surface area contributed by atoms with Crippen LogP contribution in [-0.2, 0) is 11.1 Å². The predicted octanol–water partition coefficient (Wildman–Crippen LogP) is 9.04. The summed E-state index contributed by atoms with van der Waals surface area (Å²) in [6.07, 6.45) is 2.70. The number of hydrogen-bond acceptors (Lipinski definition) is 4. The molecule has 4 nitrogen and oxygen atoms in total. The Balaban J connectivity index is 1.21. The zero-order valence-corrected chi connectivity index (χ0v) is 25.5. The fraction of sp³-hybridized carbons (Fsp3) is 0.314. The third kappa shape index (κ3) is 9.82. The summed E-state index contributed by atoms with van der Waals surface area (Å²) in [6, 6.07) is 27.2. The first-order valence-electron chi connectivity index (χ1n) is 14.5. The van der Waals surface area contributed by atoms with Crippen molar-refractivity contribution in [1.82, 2.24) is 5.32 Å². The van der Waals surface area contributed by atoms with Crippen molar-refractivity contribution in [2.75, 3.05) is 26.0 Å². The van der Waals surface area contributed by atoms with Gasteiger partial charge in [-0.3, -0.25) is 4.57 Å². The number of hydrogen-bond donors (Lipinski definition) is 1. The van der Waals surface area contributed by atoms with E-state index in [0.29, 0.717) is 37.0 Å². The number of nitrogens with one attached hydrogen (secondary N) is 1. The van der Waals surface area contributed by atoms with Gasteiger partial charge in [-0.25, -0.2) is 8.78 Å². The molecule has 42 heavy (non-hydrogen) atoms. The molecule has 1 N–H and O–H groups in total. The molecule has 0 saturated carbocycles. The molecule has 0 heterocycles. The molecule has 0 amide bonds. The summed E-state index contributed by atoms with van der Waals surface area (Å²) >= 11 is 0. The summed E-state index contributed by atoms with van der Waals surface area (Å²) in [5, 5.41) is 3.40. The summed E-state index contributed by atoms with van der Waals surface area (Å²) < 4.78 is 52.5. The van der Waals surface area contributed by atoms with Crippen LogP contribution in [0.15, 0.2) is 91.0 Å². The number of para-hydroxylation sites is 1. The van der Waals surface area contributed by atoms with Gasteiger partial charge in [0, 0.05) is 31.4 Å². The minimum atomic E-state index is -2.69. The van der Waals surface area contributed by atoms with Crippen LogP contribution in [-0.4, -0.2) is 26.0 Å². The number of ether oxygens (including phenoxy) is 1. The SMILES string of the molecule is Cc1ccc(C(CCCOc2ccc(CNCCCP(C)(=O)Oc3ccccc3)cc2)c2cc(F)cc(F)c2)cc1C. The molecule has 4 rings (SSSR count). The number of rotatable bonds is 15. The fourth-order valence-corrected chi connectivity index (χ4v) is 6.33. The first-order valence-corrected chi connectivity index (χ1v) is 16.7. The molecule has 4 aromatic carbocycles. The maximum absolute atomic E-state index is 14.0. The van der Waals surface area contributed by atoms with Gasteiger partial charge < -0.3 is 14.6 Å². The minimum absolute atomic E-state index is 0.127. The molecule has 0 aromatic heterocycles. The van der Waals surface area contributed by atoms with Gasteiger partial charge in [0.25, 0.3) is 0 Å². The van der Waals surface area contributed by atoms with Crippen molar-refractivity contribution in [3.63, 3.8) is 0 Å². The van der Waals surface area contributed by atoms with Crippen molar-refractivity contribution >= 4 is 7.37 Å². The molecule has 222 valence electrons. The summed E-state index contributed by atoms with van der Waals surface area (Å²) in [4.78, 5) is 0. The van der Waals surface area contributed by atoms with Crippen LogP contribution < -0.4 is 14.6 Å². The molecule has 2 unspecified atom stereocenters. The van der Waals surface area contributed by atoms with Gasteiger partial charge in [0.15, 0.2) is 0 Å². The van der Waals surface area contributed by atoms with Gasteiger partial charge >= 0.3 is 0 Å². The molecule has 0 saturated heterocycles. The highest BCUT2D eigenvalue weighted by atomic mass is 31.2. The maximum Gasteiger partial charge on any atom is 0.245 e. The maximum atomic E-state index is 14.0. The Morgan fingerprint density at radius 3 is 2.19 bits per heavy atom. The quantitative estimate of drug-likeness (QED) is 0.111. The average molecular weight is 592 g/mol. The van der Waals surface area contributed by atoms with E-state index >= 15 is 0 Å². The van der Waals surface area contributed by atoms with E-state index in [9.17, 15) is 13.3 Å². The summed E-state index contributed by atoms with van der Waals surface area (Å²) in [5.74, 6) is 0.169. The van der Waals surface area contributed by atoms with Gasteiger partial charge in [-0.1, -0.05) is 48.5 Å². The summed E-state index contributed by atoms with van der Waals surface area (Å²) in [5.41, 5.74) is 5.15. The van der Waals surface area contributed by atoms with E-state index in [2.05, 4.69) is 31.3 Å². The van der Waals surface area contributed by atoms with E-state index in [-0.39, 0.29) is 5.92 Å². The van der Waals surface area contributed by atoms with Crippen LogP contribution in [0.1, 0.15) is 53.0 Å². The molecular weight excluding hydrogens is 551 g/mol. The molecule has 0 radical (unpaired) electrons. The van der Waals surface area contributed by atoms with Crippen molar-refractivity contribution < 1.29 is 22.6 Å². The Morgan fingerprint density at radius 1 is 0.786 bits per heavy atom. The van der Waals surface area contributed by atoms with Crippen LogP contribution in [0.3, 0.4) is 0 Å². The van der Waals surface area contributed by atoms with Crippen molar-refractivity contribution in [1.29, 1.82) is 0 Å². The molecular formula is C35H40F2NO3P. The van der Waals surface area contributed by atoms with Crippen molar-refractivity contribution in [2.24, 2.45) is 0 Å². The Bertz CT molecular complexity index is 1460. The zero-order chi connectivity index (χ0) is 30.0. The number of benzene rings is 4. The molecule has 0 spiro atoms. The lowest BCUT2D eigenvalue weighted by Crippen LogP contribution is -2.16. The van der Waals surface area contributed by atoms with E-state index in [1.807, 2.05) is 60.7 Å². The fourth-order valence-electron chi connectivity index (χ4n) is 4.94. The van der Waals surface area contributed by atoms with E-state index in [1.54, 1.807) is 6.66 Å². The monoisotopic (exact) mass is 591 g/mol. The van der Waals surface area contributed by atoms with Gasteiger partial charge in [-0.2, -0.15) is 0 Å². The predicted molar refractivity (Wildman–Crippen MR) is 167 cm³/mol. The summed E-state index contributed by atoms with van der Waals surface area (Å²) in [6.45, 7) is 7.73. The second-order valence-corrected chi connectivity index (χ2v) is 13.6. The second kappa shape index (κ2) is 15.1. The summed E-state index contributed by atoms with van der Waals surface area (Å²) in [7, 11) is -2.69. The van der Waals surface area contributed by atoms with Crippen LogP contribution in [0.4, 0.5) is 8.78 Å². The molecule has 0 aliphatic carbocycles. The first kappa shape index (κ1) is 31.5. The Labute approximate surface area is 248 Å². The van der Waals surface area contributed by atoms with Crippen LogP contribution in [0, 0.1) is 25.5 Å². The van der Waals surface area contributed by atoms with Crippen molar-refractivity contribution in [3.8, 4) is 11.5 Å². The van der Waals surface area contributed by atoms with Crippen LogP contribution in [0.25, 0.3) is 0 Å². The van der Waals surface area contributed by atoms with Crippen molar-refractivity contribution in [2.45, 2.75) is 45.6 Å². The molecule has 2 atom stereocenters. The zero-order valence-electron chi connectivity index (χ0n) is 24.6. The second-order valence-electron chi connectivity index (χ2n) is 10.9. The molecule has 0 fully saturated rings. The van der Waals surface area contributed by atoms with Crippen LogP contribution in [0.2, 0.25) is 0 Å². The number of halogens is 2. The lowest BCUT2D eigenvalue weighted by Gasteiger charge is -2.20. The number of aryl methyl sites for hydroxylation is 2. The first-order chi connectivity index (χ1) is 20.2. The Morgan fingerprint density at radius 2 is 1.50 bits per heavy atom. The highest BCUT2D eigenvalue weighted by Gasteiger charge is 2.18. The molecule has 0 aliphatic heterocycles. The minimum Gasteiger partial charge on any atom is -0.494 e. The van der Waals surface area contributed by atoms with Crippen LogP contribution >= 0.6 is 7.37 Å². The molecule has 0 bridgehead atoms. The van der Waals surface area contributed by atoms with Crippen molar-refractivity contribution in [3.05, 3.63) is 130 Å². The third-order valence-corrected chi connectivity index (χ3v) is 9.06. The normalized spacial score (nSPS) is 13.4. The highest BCUT2D eigenvalue weighted by molar-refractivity contribution is 7.58. The van der Waals surface area contributed by atoms with Gasteiger partial charge in [0.05, 0.1) is 6.61 Å². The molecule has 4 aromatic rings. The lowest BCUT2D eigenvalue weighted by molar-refractivity contribution is 0.304. The van der Waals surface area contributed by atoms with E-state index in [1.165, 1.54) is 17.7 Å². The Hall–Kier alpha value is -3.47. The van der Waals surface area contributed by atoms with Gasteiger partial charge in [0.2, 0.25) is 7.37 Å². The highest BCUT2D eigenvalue weighted by Crippen LogP contribution is 2.43. The van der Waals surface area contributed by atoms with E-state index in [0.717, 1.165) is 47.9 Å².